The van der Waals surface area contributed by atoms with Crippen molar-refractivity contribution >= 4 is 5.97 Å². The summed E-state index contributed by atoms with van der Waals surface area (Å²) in [5.41, 5.74) is 2.73. The Hall–Kier alpha value is -1.35. The summed E-state index contributed by atoms with van der Waals surface area (Å²) in [6.07, 6.45) is 5.33. The first-order valence-corrected chi connectivity index (χ1v) is 8.12. The normalized spacial score (nSPS) is 18.6. The molecule has 21 heavy (non-hydrogen) atoms. The molecule has 1 aliphatic rings. The molecule has 0 bridgehead atoms. The van der Waals surface area contributed by atoms with Crippen molar-refractivity contribution in [2.24, 2.45) is 5.92 Å². The van der Waals surface area contributed by atoms with Crippen LogP contribution in [0.2, 0.25) is 0 Å². The number of piperidine rings is 1. The number of aliphatic carboxylic acids is 1. The van der Waals surface area contributed by atoms with Gasteiger partial charge in [0.2, 0.25) is 0 Å². The molecule has 0 aromatic heterocycles. The highest BCUT2D eigenvalue weighted by molar-refractivity contribution is 5.73. The summed E-state index contributed by atoms with van der Waals surface area (Å²) in [4.78, 5) is 13.4. The number of benzene rings is 1. The van der Waals surface area contributed by atoms with Crippen molar-refractivity contribution in [1.82, 2.24) is 4.90 Å². The molecule has 1 fully saturated rings. The molecule has 1 unspecified atom stereocenters. The molecule has 1 aliphatic heterocycles. The fourth-order valence-electron chi connectivity index (χ4n) is 3.27. The summed E-state index contributed by atoms with van der Waals surface area (Å²) in [7, 11) is 0. The molecule has 1 heterocycles. The van der Waals surface area contributed by atoms with Crippen LogP contribution in [0.5, 0.6) is 0 Å². The lowest BCUT2D eigenvalue weighted by atomic mass is 9.89. The molecule has 3 nitrogen and oxygen atoms in total. The Morgan fingerprint density at radius 1 is 1.29 bits per heavy atom. The zero-order valence-corrected chi connectivity index (χ0v) is 13.2. The maximum Gasteiger partial charge on any atom is 0.320 e. The van der Waals surface area contributed by atoms with Gasteiger partial charge in [0.05, 0.1) is 0 Å². The zero-order chi connectivity index (χ0) is 15.2. The van der Waals surface area contributed by atoms with Crippen LogP contribution in [0.1, 0.15) is 43.7 Å². The summed E-state index contributed by atoms with van der Waals surface area (Å²) >= 11 is 0. The Kier molecular flexibility index (Phi) is 5.80. The number of hydrogen-bond acceptors (Lipinski definition) is 2. The van der Waals surface area contributed by atoms with E-state index in [0.29, 0.717) is 6.42 Å². The van der Waals surface area contributed by atoms with Gasteiger partial charge in [0, 0.05) is 0 Å². The molecule has 116 valence electrons. The van der Waals surface area contributed by atoms with Crippen LogP contribution in [0, 0.1) is 12.8 Å². The summed E-state index contributed by atoms with van der Waals surface area (Å²) in [6, 6.07) is 8.51. The highest BCUT2D eigenvalue weighted by Gasteiger charge is 2.27. The number of carboxylic acids is 1. The first kappa shape index (κ1) is 16.0. The van der Waals surface area contributed by atoms with E-state index in [-0.39, 0.29) is 6.04 Å². The van der Waals surface area contributed by atoms with Gasteiger partial charge < -0.3 is 5.11 Å². The molecule has 0 aliphatic carbocycles. The van der Waals surface area contributed by atoms with Crippen LogP contribution in [0.3, 0.4) is 0 Å². The fraction of sp³-hybridized carbons (Fsp3) is 0.611. The lowest BCUT2D eigenvalue weighted by molar-refractivity contribution is -0.144. The van der Waals surface area contributed by atoms with E-state index in [1.165, 1.54) is 17.5 Å². The molecule has 1 saturated heterocycles. The van der Waals surface area contributed by atoms with Gasteiger partial charge in [-0.2, -0.15) is 0 Å². The van der Waals surface area contributed by atoms with Crippen LogP contribution in [0.25, 0.3) is 0 Å². The second-order valence-electron chi connectivity index (χ2n) is 6.27. The Morgan fingerprint density at radius 2 is 1.90 bits per heavy atom. The Morgan fingerprint density at radius 3 is 2.43 bits per heavy atom. The Balaban J connectivity index is 1.76. The van der Waals surface area contributed by atoms with E-state index in [4.69, 9.17) is 0 Å². The molecule has 1 aromatic rings. The van der Waals surface area contributed by atoms with Gasteiger partial charge in [-0.25, -0.2) is 0 Å². The van der Waals surface area contributed by atoms with Gasteiger partial charge in [-0.3, -0.25) is 9.69 Å². The van der Waals surface area contributed by atoms with Crippen LogP contribution < -0.4 is 0 Å². The molecule has 1 N–H and O–H groups in total. The van der Waals surface area contributed by atoms with Gasteiger partial charge in [0.25, 0.3) is 0 Å². The van der Waals surface area contributed by atoms with Crippen LogP contribution in [-0.2, 0) is 11.2 Å². The van der Waals surface area contributed by atoms with Crippen molar-refractivity contribution in [2.75, 3.05) is 13.1 Å². The Bertz CT molecular complexity index is 447. The van der Waals surface area contributed by atoms with Crippen molar-refractivity contribution in [3.8, 4) is 0 Å². The zero-order valence-electron chi connectivity index (χ0n) is 13.2. The first-order chi connectivity index (χ1) is 10.1. The molecule has 1 atom stereocenters. The molecule has 0 amide bonds. The van der Waals surface area contributed by atoms with Gasteiger partial charge in [-0.05, 0) is 63.6 Å². The number of aryl methyl sites for hydroxylation is 2. The van der Waals surface area contributed by atoms with E-state index >= 15 is 0 Å². The minimum Gasteiger partial charge on any atom is -0.480 e. The van der Waals surface area contributed by atoms with Crippen LogP contribution >= 0.6 is 0 Å². The standard InChI is InChI=1S/C18H27NO2/c1-3-17(18(20)21)19-12-10-16(11-13-19)9-8-15-6-4-14(2)5-7-15/h4-7,16-17H,3,8-13H2,1-2H3,(H,20,21). The number of carbonyl (C=O) groups is 1. The molecule has 3 heteroatoms. The van der Waals surface area contributed by atoms with Crippen molar-refractivity contribution in [3.63, 3.8) is 0 Å². The molecule has 1 aromatic carbocycles. The van der Waals surface area contributed by atoms with Crippen molar-refractivity contribution in [3.05, 3.63) is 35.4 Å². The van der Waals surface area contributed by atoms with Crippen molar-refractivity contribution in [1.29, 1.82) is 0 Å². The summed E-state index contributed by atoms with van der Waals surface area (Å²) in [6.45, 7) is 5.95. The number of likely N-dealkylation sites (tertiary alicyclic amines) is 1. The SMILES string of the molecule is CCC(C(=O)O)N1CCC(CCc2ccc(C)cc2)CC1. The quantitative estimate of drug-likeness (QED) is 0.871. The van der Waals surface area contributed by atoms with Gasteiger partial charge in [-0.15, -0.1) is 0 Å². The highest BCUT2D eigenvalue weighted by atomic mass is 16.4. The largest absolute Gasteiger partial charge is 0.480 e. The van der Waals surface area contributed by atoms with Gasteiger partial charge in [0.1, 0.15) is 6.04 Å². The van der Waals surface area contributed by atoms with Gasteiger partial charge in [-0.1, -0.05) is 36.8 Å². The summed E-state index contributed by atoms with van der Waals surface area (Å²) in [5.74, 6) is 0.0736. The average molecular weight is 289 g/mol. The van der Waals surface area contributed by atoms with Crippen molar-refractivity contribution < 1.29 is 9.90 Å². The number of rotatable bonds is 6. The lowest BCUT2D eigenvalue weighted by Crippen LogP contribution is -2.45. The lowest BCUT2D eigenvalue weighted by Gasteiger charge is -2.35. The third-order valence-electron chi connectivity index (χ3n) is 4.72. The molecule has 0 saturated carbocycles. The smallest absolute Gasteiger partial charge is 0.320 e. The Labute approximate surface area is 128 Å². The first-order valence-electron chi connectivity index (χ1n) is 8.12. The van der Waals surface area contributed by atoms with E-state index in [1.807, 2.05) is 6.92 Å². The average Bonchev–Trinajstić information content (AvgIpc) is 2.48. The molecular weight excluding hydrogens is 262 g/mol. The maximum atomic E-state index is 11.2. The topological polar surface area (TPSA) is 40.5 Å². The van der Waals surface area contributed by atoms with E-state index in [9.17, 15) is 9.90 Å². The number of hydrogen-bond donors (Lipinski definition) is 1. The second kappa shape index (κ2) is 7.60. The van der Waals surface area contributed by atoms with E-state index in [2.05, 4.69) is 36.1 Å². The molecule has 0 radical (unpaired) electrons. The number of nitrogens with zero attached hydrogens (tertiary/aromatic N) is 1. The minimum atomic E-state index is -0.671. The van der Waals surface area contributed by atoms with E-state index in [1.54, 1.807) is 0 Å². The van der Waals surface area contributed by atoms with Gasteiger partial charge >= 0.3 is 5.97 Å². The van der Waals surface area contributed by atoms with E-state index in [0.717, 1.165) is 38.3 Å². The molecule has 0 spiro atoms. The molecule has 2 rings (SSSR count). The van der Waals surface area contributed by atoms with Gasteiger partial charge in [0.15, 0.2) is 0 Å². The molecular formula is C18H27NO2. The van der Waals surface area contributed by atoms with Crippen LogP contribution in [-0.4, -0.2) is 35.1 Å². The second-order valence-corrected chi connectivity index (χ2v) is 6.27. The monoisotopic (exact) mass is 289 g/mol. The number of carboxylic acid groups (broad SMARTS) is 1. The third-order valence-corrected chi connectivity index (χ3v) is 4.72. The van der Waals surface area contributed by atoms with Crippen LogP contribution in [0.4, 0.5) is 0 Å². The van der Waals surface area contributed by atoms with E-state index < -0.39 is 5.97 Å². The maximum absolute atomic E-state index is 11.2. The minimum absolute atomic E-state index is 0.289. The summed E-state index contributed by atoms with van der Waals surface area (Å²) < 4.78 is 0. The fourth-order valence-corrected chi connectivity index (χ4v) is 3.27. The highest BCUT2D eigenvalue weighted by Crippen LogP contribution is 2.24. The predicted octanol–water partition coefficient (Wildman–Crippen LogP) is 3.50. The van der Waals surface area contributed by atoms with Crippen molar-refractivity contribution in [2.45, 2.75) is 52.0 Å². The predicted molar refractivity (Wildman–Crippen MR) is 85.5 cm³/mol. The summed E-state index contributed by atoms with van der Waals surface area (Å²) in [5, 5.41) is 9.22. The third kappa shape index (κ3) is 4.57. The van der Waals surface area contributed by atoms with Crippen LogP contribution in [0.15, 0.2) is 24.3 Å².